The lowest BCUT2D eigenvalue weighted by molar-refractivity contribution is 0.664. The molecule has 1 heterocycles. The summed E-state index contributed by atoms with van der Waals surface area (Å²) in [6.45, 7) is 9.23. The molecule has 0 aliphatic carbocycles. The van der Waals surface area contributed by atoms with E-state index >= 15 is 0 Å². The molecule has 1 aromatic heterocycles. The monoisotopic (exact) mass is 229 g/mol. The Labute approximate surface area is 94.0 Å². The highest BCUT2D eigenvalue weighted by Crippen LogP contribution is 2.28. The number of aromatic nitrogens is 3. The predicted octanol–water partition coefficient (Wildman–Crippen LogP) is 2.92. The van der Waals surface area contributed by atoms with Crippen LogP contribution in [0.4, 0.5) is 0 Å². The van der Waals surface area contributed by atoms with Crippen LogP contribution < -0.4 is 0 Å². The van der Waals surface area contributed by atoms with Gasteiger partial charge in [0.25, 0.3) is 0 Å². The van der Waals surface area contributed by atoms with Crippen molar-refractivity contribution in [2.75, 3.05) is 0 Å². The second-order valence-corrected chi connectivity index (χ2v) is 6.08. The summed E-state index contributed by atoms with van der Waals surface area (Å²) in [5.74, 6) is 0. The molecule has 0 atom stereocenters. The lowest BCUT2D eigenvalue weighted by Crippen LogP contribution is -2.10. The van der Waals surface area contributed by atoms with Crippen LogP contribution in [0.2, 0.25) is 0 Å². The highest BCUT2D eigenvalue weighted by Gasteiger charge is 2.14. The summed E-state index contributed by atoms with van der Waals surface area (Å²) >= 11 is 6.76. The number of rotatable bonds is 2. The van der Waals surface area contributed by atoms with Crippen LogP contribution in [0.5, 0.6) is 0 Å². The van der Waals surface area contributed by atoms with Crippen molar-refractivity contribution < 1.29 is 0 Å². The molecule has 0 amide bonds. The van der Waals surface area contributed by atoms with Gasteiger partial charge in [0.15, 0.2) is 5.16 Å². The van der Waals surface area contributed by atoms with Gasteiger partial charge >= 0.3 is 0 Å². The summed E-state index contributed by atoms with van der Waals surface area (Å²) in [4.78, 5) is 8.50. The van der Waals surface area contributed by atoms with Crippen molar-refractivity contribution >= 4 is 24.0 Å². The normalized spacial score (nSPS) is 11.7. The molecule has 0 saturated carbocycles. The van der Waals surface area contributed by atoms with Gasteiger partial charge in [-0.05, 0) is 19.1 Å². The molecular formula is C9H15N3S2. The van der Waals surface area contributed by atoms with Gasteiger partial charge in [0.1, 0.15) is 0 Å². The molecule has 78 valence electrons. The lowest BCUT2D eigenvalue weighted by atomic mass is 10.3. The standard InChI is InChI=1S/C9H15N3S2/c1-5-12-6-10-7(11-8(12)13)14-9(2,3)4/h6H,5H2,1-4H3. The third-order valence-electron chi connectivity index (χ3n) is 1.48. The number of hydrogen-bond donors (Lipinski definition) is 0. The smallest absolute Gasteiger partial charge is 0.203 e. The first-order valence-electron chi connectivity index (χ1n) is 4.55. The van der Waals surface area contributed by atoms with Crippen LogP contribution in [-0.2, 0) is 6.54 Å². The Kier molecular flexibility index (Phi) is 3.66. The van der Waals surface area contributed by atoms with E-state index in [1.165, 1.54) is 0 Å². The topological polar surface area (TPSA) is 30.7 Å². The lowest BCUT2D eigenvalue weighted by Gasteiger charge is -2.15. The van der Waals surface area contributed by atoms with E-state index in [0.29, 0.717) is 4.77 Å². The SMILES string of the molecule is CCn1cnc(SC(C)(C)C)nc1=S. The molecule has 14 heavy (non-hydrogen) atoms. The van der Waals surface area contributed by atoms with E-state index in [0.717, 1.165) is 11.7 Å². The first-order chi connectivity index (χ1) is 6.42. The summed E-state index contributed by atoms with van der Waals surface area (Å²) in [6.07, 6.45) is 1.75. The van der Waals surface area contributed by atoms with Crippen LogP contribution in [0.1, 0.15) is 27.7 Å². The minimum absolute atomic E-state index is 0.125. The Balaban J connectivity index is 2.93. The van der Waals surface area contributed by atoms with Crippen molar-refractivity contribution in [2.45, 2.75) is 44.1 Å². The predicted molar refractivity (Wildman–Crippen MR) is 62.1 cm³/mol. The average molecular weight is 229 g/mol. The molecule has 1 aromatic rings. The number of nitrogens with zero attached hydrogens (tertiary/aromatic N) is 3. The molecule has 0 aliphatic heterocycles. The van der Waals surface area contributed by atoms with Gasteiger partial charge in [-0.25, -0.2) is 4.98 Å². The van der Waals surface area contributed by atoms with Crippen LogP contribution in [0, 0.1) is 4.77 Å². The van der Waals surface area contributed by atoms with E-state index in [2.05, 4.69) is 30.7 Å². The number of hydrogen-bond acceptors (Lipinski definition) is 4. The van der Waals surface area contributed by atoms with Gasteiger partial charge in [-0.3, -0.25) is 0 Å². The maximum atomic E-state index is 5.13. The second-order valence-electron chi connectivity index (χ2n) is 3.92. The van der Waals surface area contributed by atoms with Crippen LogP contribution in [0.15, 0.2) is 11.5 Å². The summed E-state index contributed by atoms with van der Waals surface area (Å²) in [6, 6.07) is 0. The molecule has 0 radical (unpaired) electrons. The summed E-state index contributed by atoms with van der Waals surface area (Å²) < 4.78 is 2.58. The van der Waals surface area contributed by atoms with Gasteiger partial charge in [0, 0.05) is 11.3 Å². The van der Waals surface area contributed by atoms with Crippen molar-refractivity contribution in [1.82, 2.24) is 14.5 Å². The van der Waals surface area contributed by atoms with Crippen LogP contribution in [-0.4, -0.2) is 19.3 Å². The zero-order valence-corrected chi connectivity index (χ0v) is 10.6. The molecule has 0 N–H and O–H groups in total. The molecule has 5 heteroatoms. The second kappa shape index (κ2) is 4.40. The maximum Gasteiger partial charge on any atom is 0.203 e. The molecule has 0 fully saturated rings. The molecule has 0 unspecified atom stereocenters. The van der Waals surface area contributed by atoms with E-state index in [1.807, 2.05) is 11.5 Å². The van der Waals surface area contributed by atoms with E-state index in [-0.39, 0.29) is 4.75 Å². The average Bonchev–Trinajstić information content (AvgIpc) is 2.01. The molecule has 1 rings (SSSR count). The molecule has 0 spiro atoms. The van der Waals surface area contributed by atoms with Gasteiger partial charge in [-0.2, -0.15) is 4.98 Å². The molecule has 0 aromatic carbocycles. The van der Waals surface area contributed by atoms with Crippen molar-refractivity contribution in [3.05, 3.63) is 11.1 Å². The Morgan fingerprint density at radius 3 is 2.57 bits per heavy atom. The molecular weight excluding hydrogens is 214 g/mol. The van der Waals surface area contributed by atoms with Crippen LogP contribution in [0.3, 0.4) is 0 Å². The maximum absolute atomic E-state index is 5.13. The fraction of sp³-hybridized carbons (Fsp3) is 0.667. The summed E-state index contributed by atoms with van der Waals surface area (Å²) in [5, 5.41) is 0.757. The number of aryl methyl sites for hydroxylation is 1. The largest absolute Gasteiger partial charge is 0.308 e. The molecule has 0 bridgehead atoms. The molecule has 3 nitrogen and oxygen atoms in total. The summed E-state index contributed by atoms with van der Waals surface area (Å²) in [5.41, 5.74) is 0. The fourth-order valence-electron chi connectivity index (χ4n) is 0.883. The highest BCUT2D eigenvalue weighted by molar-refractivity contribution is 8.00. The Bertz CT molecular complexity index is 365. The Morgan fingerprint density at radius 2 is 2.14 bits per heavy atom. The van der Waals surface area contributed by atoms with Crippen LogP contribution in [0.25, 0.3) is 0 Å². The van der Waals surface area contributed by atoms with E-state index in [4.69, 9.17) is 12.2 Å². The quantitative estimate of drug-likeness (QED) is 0.576. The zero-order chi connectivity index (χ0) is 10.8. The fourth-order valence-corrected chi connectivity index (χ4v) is 1.98. The van der Waals surface area contributed by atoms with Crippen molar-refractivity contribution in [2.24, 2.45) is 0 Å². The van der Waals surface area contributed by atoms with Crippen LogP contribution >= 0.6 is 24.0 Å². The third-order valence-corrected chi connectivity index (χ3v) is 2.80. The van der Waals surface area contributed by atoms with Gasteiger partial charge in [0.2, 0.25) is 4.77 Å². The van der Waals surface area contributed by atoms with Crippen molar-refractivity contribution in [1.29, 1.82) is 0 Å². The third kappa shape index (κ3) is 3.38. The zero-order valence-electron chi connectivity index (χ0n) is 8.94. The van der Waals surface area contributed by atoms with Crippen molar-refractivity contribution in [3.63, 3.8) is 0 Å². The van der Waals surface area contributed by atoms with E-state index < -0.39 is 0 Å². The first-order valence-corrected chi connectivity index (χ1v) is 5.77. The van der Waals surface area contributed by atoms with Gasteiger partial charge < -0.3 is 4.57 Å². The Hall–Kier alpha value is -0.420. The molecule has 0 aliphatic rings. The minimum Gasteiger partial charge on any atom is -0.308 e. The van der Waals surface area contributed by atoms with Gasteiger partial charge in [0.05, 0.1) is 6.33 Å². The highest BCUT2D eigenvalue weighted by atomic mass is 32.2. The van der Waals surface area contributed by atoms with Crippen molar-refractivity contribution in [3.8, 4) is 0 Å². The van der Waals surface area contributed by atoms with E-state index in [1.54, 1.807) is 18.1 Å². The Morgan fingerprint density at radius 1 is 1.50 bits per heavy atom. The summed E-state index contributed by atoms with van der Waals surface area (Å²) in [7, 11) is 0. The minimum atomic E-state index is 0.125. The number of thioether (sulfide) groups is 1. The van der Waals surface area contributed by atoms with Gasteiger partial charge in [-0.1, -0.05) is 32.5 Å². The van der Waals surface area contributed by atoms with Gasteiger partial charge in [-0.15, -0.1) is 0 Å². The van der Waals surface area contributed by atoms with E-state index in [9.17, 15) is 0 Å². The molecule has 0 saturated heterocycles. The first kappa shape index (κ1) is 11.7.